The summed E-state index contributed by atoms with van der Waals surface area (Å²) in [5.41, 5.74) is 3.69. The highest BCUT2D eigenvalue weighted by Crippen LogP contribution is 2.42. The minimum Gasteiger partial charge on any atom is -0.507 e. The fourth-order valence-electron chi connectivity index (χ4n) is 3.60. The summed E-state index contributed by atoms with van der Waals surface area (Å²) in [4.78, 5) is 31.6. The van der Waals surface area contributed by atoms with Gasteiger partial charge in [-0.25, -0.2) is 0 Å². The number of ketones is 1. The monoisotopic (exact) mass is 418 g/mol. The van der Waals surface area contributed by atoms with E-state index < -0.39 is 17.7 Å². The lowest BCUT2D eigenvalue weighted by molar-refractivity contribution is -0.132. The van der Waals surface area contributed by atoms with E-state index in [1.165, 1.54) is 4.90 Å². The summed E-state index contributed by atoms with van der Waals surface area (Å²) in [5, 5.41) is 11.6. The molecule has 2 heterocycles. The van der Waals surface area contributed by atoms with Gasteiger partial charge in [0.15, 0.2) is 0 Å². The summed E-state index contributed by atoms with van der Waals surface area (Å²) >= 11 is 5.99. The maximum absolute atomic E-state index is 13.1. The van der Waals surface area contributed by atoms with Gasteiger partial charge in [-0.2, -0.15) is 0 Å². The first-order valence-corrected chi connectivity index (χ1v) is 9.80. The summed E-state index contributed by atoms with van der Waals surface area (Å²) in [6.45, 7) is 3.89. The molecule has 1 aliphatic rings. The van der Waals surface area contributed by atoms with Gasteiger partial charge in [-0.05, 0) is 66.9 Å². The van der Waals surface area contributed by atoms with Gasteiger partial charge in [0.25, 0.3) is 11.7 Å². The molecule has 4 rings (SSSR count). The van der Waals surface area contributed by atoms with E-state index >= 15 is 0 Å². The average molecular weight is 419 g/mol. The van der Waals surface area contributed by atoms with Crippen LogP contribution in [0.1, 0.15) is 28.3 Å². The molecule has 30 heavy (non-hydrogen) atoms. The van der Waals surface area contributed by atoms with E-state index in [0.29, 0.717) is 21.8 Å². The molecule has 0 radical (unpaired) electrons. The third-order valence-corrected chi connectivity index (χ3v) is 5.58. The predicted octanol–water partition coefficient (Wildman–Crippen LogP) is 4.98. The van der Waals surface area contributed by atoms with Gasteiger partial charge < -0.3 is 5.11 Å². The van der Waals surface area contributed by atoms with Crippen LogP contribution in [0.2, 0.25) is 5.02 Å². The molecule has 0 spiro atoms. The van der Waals surface area contributed by atoms with Crippen molar-refractivity contribution >= 4 is 34.7 Å². The number of aryl methyl sites for hydroxylation is 2. The molecular weight excluding hydrogens is 400 g/mol. The lowest BCUT2D eigenvalue weighted by Gasteiger charge is -2.25. The van der Waals surface area contributed by atoms with Crippen molar-refractivity contribution in [2.75, 3.05) is 4.90 Å². The van der Waals surface area contributed by atoms with Crippen LogP contribution in [0.15, 0.2) is 72.6 Å². The fraction of sp³-hybridized carbons (Fsp3) is 0.125. The van der Waals surface area contributed by atoms with Gasteiger partial charge in [-0.1, -0.05) is 29.8 Å². The number of Topliss-reactive ketones (excluding diaryl/α,β-unsaturated/α-hetero) is 1. The van der Waals surface area contributed by atoms with Crippen molar-refractivity contribution in [3.8, 4) is 0 Å². The largest absolute Gasteiger partial charge is 0.507 e. The second-order valence-corrected chi connectivity index (χ2v) is 7.67. The second-order valence-electron chi connectivity index (χ2n) is 7.23. The normalized spacial score (nSPS) is 18.1. The Balaban J connectivity index is 1.94. The summed E-state index contributed by atoms with van der Waals surface area (Å²) in [5.74, 6) is -1.66. The summed E-state index contributed by atoms with van der Waals surface area (Å²) in [6, 6.07) is 14.8. The van der Waals surface area contributed by atoms with Crippen LogP contribution in [0, 0.1) is 13.8 Å². The molecule has 1 amide bonds. The molecule has 2 aromatic carbocycles. The maximum atomic E-state index is 13.1. The van der Waals surface area contributed by atoms with Crippen LogP contribution in [0.5, 0.6) is 0 Å². The molecule has 0 saturated carbocycles. The molecular formula is C24H19ClN2O3. The number of amides is 1. The van der Waals surface area contributed by atoms with E-state index in [1.807, 2.05) is 19.9 Å². The maximum Gasteiger partial charge on any atom is 0.300 e. The quantitative estimate of drug-likeness (QED) is 0.370. The number of aromatic nitrogens is 1. The number of benzene rings is 2. The number of pyridine rings is 1. The van der Waals surface area contributed by atoms with E-state index in [0.717, 1.165) is 11.1 Å². The van der Waals surface area contributed by atoms with Gasteiger partial charge in [0.05, 0.1) is 11.6 Å². The third-order valence-electron chi connectivity index (χ3n) is 5.33. The molecule has 3 aromatic rings. The predicted molar refractivity (Wildman–Crippen MR) is 116 cm³/mol. The summed E-state index contributed by atoms with van der Waals surface area (Å²) in [7, 11) is 0. The molecule has 150 valence electrons. The first kappa shape index (κ1) is 19.9. The Labute approximate surface area is 179 Å². The first-order valence-electron chi connectivity index (χ1n) is 9.42. The highest BCUT2D eigenvalue weighted by Gasteiger charge is 2.47. The molecule has 1 fully saturated rings. The van der Waals surface area contributed by atoms with Crippen LogP contribution in [-0.2, 0) is 9.59 Å². The van der Waals surface area contributed by atoms with Crippen molar-refractivity contribution in [2.45, 2.75) is 19.9 Å². The van der Waals surface area contributed by atoms with Crippen molar-refractivity contribution in [3.63, 3.8) is 0 Å². The number of halogens is 1. The molecule has 5 nitrogen and oxygen atoms in total. The molecule has 0 bridgehead atoms. The number of aliphatic hydroxyl groups is 1. The Morgan fingerprint density at radius 1 is 1.03 bits per heavy atom. The molecule has 6 heteroatoms. The molecule has 1 aliphatic heterocycles. The lowest BCUT2D eigenvalue weighted by Crippen LogP contribution is -2.29. The van der Waals surface area contributed by atoms with Crippen molar-refractivity contribution in [3.05, 3.63) is 99.8 Å². The van der Waals surface area contributed by atoms with Crippen LogP contribution in [0.25, 0.3) is 5.76 Å². The SMILES string of the molecule is Cc1ccc(/C(O)=C2/C(=O)C(=O)N(c3ccc(Cl)cc3)C2c2cccnc2)cc1C. The number of hydrogen-bond donors (Lipinski definition) is 1. The van der Waals surface area contributed by atoms with Crippen molar-refractivity contribution in [1.29, 1.82) is 0 Å². The highest BCUT2D eigenvalue weighted by molar-refractivity contribution is 6.51. The van der Waals surface area contributed by atoms with Crippen LogP contribution < -0.4 is 4.90 Å². The first-order chi connectivity index (χ1) is 14.4. The summed E-state index contributed by atoms with van der Waals surface area (Å²) in [6.07, 6.45) is 3.20. The van der Waals surface area contributed by atoms with Crippen LogP contribution in [0.4, 0.5) is 5.69 Å². The van der Waals surface area contributed by atoms with Crippen molar-refractivity contribution in [2.24, 2.45) is 0 Å². The number of anilines is 1. The zero-order chi connectivity index (χ0) is 21.4. The van der Waals surface area contributed by atoms with E-state index in [-0.39, 0.29) is 11.3 Å². The van der Waals surface area contributed by atoms with E-state index in [2.05, 4.69) is 4.98 Å². The Kier molecular flexibility index (Phi) is 5.14. The van der Waals surface area contributed by atoms with Gasteiger partial charge in [0, 0.05) is 28.7 Å². The molecule has 1 N–H and O–H groups in total. The Morgan fingerprint density at radius 3 is 2.40 bits per heavy atom. The van der Waals surface area contributed by atoms with E-state index in [4.69, 9.17) is 11.6 Å². The minimum absolute atomic E-state index is 0.0335. The average Bonchev–Trinajstić information content (AvgIpc) is 3.02. The molecule has 1 unspecified atom stereocenters. The highest BCUT2D eigenvalue weighted by atomic mass is 35.5. The van der Waals surface area contributed by atoms with Gasteiger partial charge in [0.1, 0.15) is 5.76 Å². The second kappa shape index (κ2) is 7.76. The van der Waals surface area contributed by atoms with Crippen LogP contribution >= 0.6 is 11.6 Å². The number of rotatable bonds is 3. The fourth-order valence-corrected chi connectivity index (χ4v) is 3.72. The Morgan fingerprint density at radius 2 is 1.77 bits per heavy atom. The number of aliphatic hydroxyl groups excluding tert-OH is 1. The standard InChI is InChI=1S/C24H19ClN2O3/c1-14-5-6-16(12-15(14)2)22(28)20-21(17-4-3-11-26-13-17)27(24(30)23(20)29)19-9-7-18(25)8-10-19/h3-13,21,28H,1-2H3/b22-20-. The topological polar surface area (TPSA) is 70.5 Å². The summed E-state index contributed by atoms with van der Waals surface area (Å²) < 4.78 is 0. The Hall–Kier alpha value is -3.44. The number of carbonyl (C=O) groups excluding carboxylic acids is 2. The smallest absolute Gasteiger partial charge is 0.300 e. The zero-order valence-electron chi connectivity index (χ0n) is 16.5. The zero-order valence-corrected chi connectivity index (χ0v) is 17.2. The molecule has 1 aromatic heterocycles. The lowest BCUT2D eigenvalue weighted by atomic mass is 9.95. The van der Waals surface area contributed by atoms with Gasteiger partial charge in [-0.15, -0.1) is 0 Å². The number of nitrogens with zero attached hydrogens (tertiary/aromatic N) is 2. The Bertz CT molecular complexity index is 1170. The molecule has 1 saturated heterocycles. The van der Waals surface area contributed by atoms with Crippen molar-refractivity contribution in [1.82, 2.24) is 4.98 Å². The van der Waals surface area contributed by atoms with Gasteiger partial charge in [-0.3, -0.25) is 19.5 Å². The van der Waals surface area contributed by atoms with Gasteiger partial charge >= 0.3 is 0 Å². The van der Waals surface area contributed by atoms with Crippen LogP contribution in [-0.4, -0.2) is 21.8 Å². The molecule has 1 atom stereocenters. The molecule has 0 aliphatic carbocycles. The van der Waals surface area contributed by atoms with Crippen molar-refractivity contribution < 1.29 is 14.7 Å². The number of hydrogen-bond acceptors (Lipinski definition) is 4. The van der Waals surface area contributed by atoms with Crippen LogP contribution in [0.3, 0.4) is 0 Å². The van der Waals surface area contributed by atoms with Gasteiger partial charge in [0.2, 0.25) is 0 Å². The third kappa shape index (κ3) is 3.37. The minimum atomic E-state index is -0.804. The van der Waals surface area contributed by atoms with E-state index in [1.54, 1.807) is 60.9 Å². The van der Waals surface area contributed by atoms with E-state index in [9.17, 15) is 14.7 Å². The number of carbonyl (C=O) groups is 2.